The van der Waals surface area contributed by atoms with Crippen LogP contribution in [0.1, 0.15) is 12.0 Å². The molecular weight excluding hydrogens is 178 g/mol. The second kappa shape index (κ2) is 6.54. The average molecular weight is 195 g/mol. The number of aliphatic hydroxyl groups excluding tert-OH is 1. The third-order valence-corrected chi connectivity index (χ3v) is 1.98. The summed E-state index contributed by atoms with van der Waals surface area (Å²) >= 11 is 0. The Hall–Kier alpha value is -0.900. The van der Waals surface area contributed by atoms with Gasteiger partial charge in [0.1, 0.15) is 0 Å². The van der Waals surface area contributed by atoms with Crippen LogP contribution in [0.3, 0.4) is 0 Å². The van der Waals surface area contributed by atoms with Gasteiger partial charge in [-0.25, -0.2) is 0 Å². The van der Waals surface area contributed by atoms with Gasteiger partial charge in [-0.2, -0.15) is 0 Å². The fourth-order valence-electron chi connectivity index (χ4n) is 1.09. The van der Waals surface area contributed by atoms with Gasteiger partial charge in [0.2, 0.25) is 0 Å². The van der Waals surface area contributed by atoms with Gasteiger partial charge in [0, 0.05) is 12.6 Å². The van der Waals surface area contributed by atoms with Gasteiger partial charge in [0.05, 0.1) is 13.2 Å². The number of hydrogen-bond donors (Lipinski definition) is 2. The normalized spacial score (nSPS) is 12.7. The number of aliphatic hydroxyl groups is 1. The van der Waals surface area contributed by atoms with E-state index >= 15 is 0 Å². The maximum Gasteiger partial charge on any atom is 0.0716 e. The summed E-state index contributed by atoms with van der Waals surface area (Å²) in [4.78, 5) is 0. The molecule has 78 valence electrons. The molecule has 0 aliphatic heterocycles. The summed E-state index contributed by atoms with van der Waals surface area (Å²) in [7, 11) is 0. The molecular formula is C11H17NO2. The lowest BCUT2D eigenvalue weighted by Gasteiger charge is -2.08. The van der Waals surface area contributed by atoms with Crippen molar-refractivity contribution in [3.8, 4) is 0 Å². The summed E-state index contributed by atoms with van der Waals surface area (Å²) in [5.74, 6) is 0. The molecule has 0 heterocycles. The quantitative estimate of drug-likeness (QED) is 0.663. The molecule has 0 aromatic heterocycles. The van der Waals surface area contributed by atoms with Gasteiger partial charge in [-0.1, -0.05) is 30.3 Å². The Morgan fingerprint density at radius 2 is 2.00 bits per heavy atom. The molecule has 0 radical (unpaired) electrons. The summed E-state index contributed by atoms with van der Waals surface area (Å²) in [5, 5.41) is 8.67. The number of rotatable bonds is 6. The van der Waals surface area contributed by atoms with Gasteiger partial charge in [-0.15, -0.1) is 0 Å². The van der Waals surface area contributed by atoms with Gasteiger partial charge in [-0.3, -0.25) is 0 Å². The van der Waals surface area contributed by atoms with Crippen LogP contribution in [0.15, 0.2) is 30.3 Å². The molecule has 1 rings (SSSR count). The molecule has 0 saturated heterocycles. The predicted molar refractivity (Wildman–Crippen MR) is 55.8 cm³/mol. The first kappa shape index (κ1) is 11.2. The van der Waals surface area contributed by atoms with E-state index in [1.54, 1.807) is 0 Å². The molecule has 0 fully saturated rings. The number of nitrogens with two attached hydrogens (primary N) is 1. The van der Waals surface area contributed by atoms with Crippen molar-refractivity contribution in [1.29, 1.82) is 0 Å². The molecule has 1 atom stereocenters. The molecule has 0 saturated carbocycles. The van der Waals surface area contributed by atoms with Crippen LogP contribution >= 0.6 is 0 Å². The van der Waals surface area contributed by atoms with E-state index in [2.05, 4.69) is 0 Å². The van der Waals surface area contributed by atoms with Crippen molar-refractivity contribution in [3.63, 3.8) is 0 Å². The summed E-state index contributed by atoms with van der Waals surface area (Å²) in [6.07, 6.45) is 0.698. The zero-order chi connectivity index (χ0) is 10.2. The van der Waals surface area contributed by atoms with E-state index in [4.69, 9.17) is 15.6 Å². The van der Waals surface area contributed by atoms with Crippen LogP contribution in [0, 0.1) is 0 Å². The van der Waals surface area contributed by atoms with E-state index in [1.807, 2.05) is 30.3 Å². The summed E-state index contributed by atoms with van der Waals surface area (Å²) in [6.45, 7) is 1.23. The molecule has 0 aliphatic rings. The van der Waals surface area contributed by atoms with Crippen molar-refractivity contribution in [3.05, 3.63) is 35.9 Å². The van der Waals surface area contributed by atoms with E-state index in [-0.39, 0.29) is 12.6 Å². The van der Waals surface area contributed by atoms with E-state index in [0.29, 0.717) is 19.6 Å². The first-order valence-electron chi connectivity index (χ1n) is 4.81. The number of benzene rings is 1. The first-order valence-corrected chi connectivity index (χ1v) is 4.81. The standard InChI is InChI=1S/C11H17NO2/c12-11(8-13)6-7-14-9-10-4-2-1-3-5-10/h1-5,11,13H,6-9,12H2. The van der Waals surface area contributed by atoms with Gasteiger partial charge < -0.3 is 15.6 Å². The van der Waals surface area contributed by atoms with Gasteiger partial charge >= 0.3 is 0 Å². The number of hydrogen-bond acceptors (Lipinski definition) is 3. The molecule has 0 spiro atoms. The maximum absolute atomic E-state index is 8.67. The Bertz CT molecular complexity index is 238. The highest BCUT2D eigenvalue weighted by Gasteiger charge is 1.99. The van der Waals surface area contributed by atoms with Gasteiger partial charge in [0.25, 0.3) is 0 Å². The third kappa shape index (κ3) is 4.37. The van der Waals surface area contributed by atoms with Crippen molar-refractivity contribution in [2.75, 3.05) is 13.2 Å². The number of ether oxygens (including phenoxy) is 1. The molecule has 14 heavy (non-hydrogen) atoms. The predicted octanol–water partition coefficient (Wildman–Crippen LogP) is 0.913. The van der Waals surface area contributed by atoms with Crippen LogP contribution in [0.5, 0.6) is 0 Å². The van der Waals surface area contributed by atoms with Crippen molar-refractivity contribution in [2.24, 2.45) is 5.73 Å². The average Bonchev–Trinajstić information content (AvgIpc) is 2.25. The lowest BCUT2D eigenvalue weighted by atomic mass is 10.2. The lowest BCUT2D eigenvalue weighted by Crippen LogP contribution is -2.25. The Kier molecular flexibility index (Phi) is 5.22. The van der Waals surface area contributed by atoms with Crippen molar-refractivity contribution >= 4 is 0 Å². The highest BCUT2D eigenvalue weighted by atomic mass is 16.5. The van der Waals surface area contributed by atoms with E-state index < -0.39 is 0 Å². The Balaban J connectivity index is 2.10. The monoisotopic (exact) mass is 195 g/mol. The van der Waals surface area contributed by atoms with Crippen LogP contribution in [0.2, 0.25) is 0 Å². The van der Waals surface area contributed by atoms with Crippen molar-refractivity contribution in [2.45, 2.75) is 19.1 Å². The van der Waals surface area contributed by atoms with Crippen LogP contribution < -0.4 is 5.73 Å². The second-order valence-electron chi connectivity index (χ2n) is 3.27. The molecule has 3 N–H and O–H groups in total. The van der Waals surface area contributed by atoms with E-state index in [9.17, 15) is 0 Å². The molecule has 0 bridgehead atoms. The molecule has 0 aliphatic carbocycles. The zero-order valence-corrected chi connectivity index (χ0v) is 8.23. The fraction of sp³-hybridized carbons (Fsp3) is 0.455. The van der Waals surface area contributed by atoms with Crippen LogP contribution in [0.4, 0.5) is 0 Å². The highest BCUT2D eigenvalue weighted by Crippen LogP contribution is 2.01. The first-order chi connectivity index (χ1) is 6.83. The maximum atomic E-state index is 8.67. The van der Waals surface area contributed by atoms with Gasteiger partial charge in [-0.05, 0) is 12.0 Å². The Morgan fingerprint density at radius 3 is 2.64 bits per heavy atom. The Labute approximate surface area is 84.5 Å². The molecule has 0 amide bonds. The van der Waals surface area contributed by atoms with Gasteiger partial charge in [0.15, 0.2) is 0 Å². The largest absolute Gasteiger partial charge is 0.395 e. The highest BCUT2D eigenvalue weighted by molar-refractivity contribution is 5.13. The summed E-state index contributed by atoms with van der Waals surface area (Å²) < 4.78 is 5.40. The molecule has 3 nitrogen and oxygen atoms in total. The summed E-state index contributed by atoms with van der Waals surface area (Å²) in [5.41, 5.74) is 6.68. The minimum Gasteiger partial charge on any atom is -0.395 e. The van der Waals surface area contributed by atoms with Crippen LogP contribution in [-0.2, 0) is 11.3 Å². The second-order valence-corrected chi connectivity index (χ2v) is 3.27. The smallest absolute Gasteiger partial charge is 0.0716 e. The molecule has 1 aromatic rings. The van der Waals surface area contributed by atoms with Crippen molar-refractivity contribution < 1.29 is 9.84 Å². The molecule has 3 heteroatoms. The SMILES string of the molecule is NC(CO)CCOCc1ccccc1. The topological polar surface area (TPSA) is 55.5 Å². The fourth-order valence-corrected chi connectivity index (χ4v) is 1.09. The minimum absolute atomic E-state index is 0.0225. The van der Waals surface area contributed by atoms with Crippen LogP contribution in [-0.4, -0.2) is 24.4 Å². The molecule has 1 aromatic carbocycles. The zero-order valence-electron chi connectivity index (χ0n) is 8.23. The van der Waals surface area contributed by atoms with Crippen molar-refractivity contribution in [1.82, 2.24) is 0 Å². The molecule has 1 unspecified atom stereocenters. The van der Waals surface area contributed by atoms with E-state index in [1.165, 1.54) is 0 Å². The minimum atomic E-state index is -0.161. The Morgan fingerprint density at radius 1 is 1.29 bits per heavy atom. The lowest BCUT2D eigenvalue weighted by molar-refractivity contribution is 0.107. The third-order valence-electron chi connectivity index (χ3n) is 1.98. The summed E-state index contributed by atoms with van der Waals surface area (Å²) in [6, 6.07) is 9.82. The van der Waals surface area contributed by atoms with Crippen LogP contribution in [0.25, 0.3) is 0 Å². The van der Waals surface area contributed by atoms with E-state index in [0.717, 1.165) is 5.56 Å².